The molecule has 2 amide bonds. The van der Waals surface area contributed by atoms with Crippen LogP contribution < -0.4 is 21.1 Å². The van der Waals surface area contributed by atoms with Crippen LogP contribution in [-0.4, -0.2) is 43.7 Å². The van der Waals surface area contributed by atoms with Crippen molar-refractivity contribution >= 4 is 24.2 Å². The van der Waals surface area contributed by atoms with Crippen molar-refractivity contribution in [3.05, 3.63) is 29.3 Å². The standard InChI is InChI=1S/C19H29N3O4.ClH/c1-12(2)18(20)19(24)22-10-17(23)21-9-14-5-4-13(3)8-16(14)26-15-6-7-25-11-15;/h4-5,8,12,15,18H,6-7,9-11,20H2,1-3H3,(H,21,23)(H,22,24);1H/t15?,18-;/m0./s1. The summed E-state index contributed by atoms with van der Waals surface area (Å²) in [5.41, 5.74) is 7.73. The largest absolute Gasteiger partial charge is 0.488 e. The highest BCUT2D eigenvalue weighted by molar-refractivity contribution is 5.87. The minimum Gasteiger partial charge on any atom is -0.488 e. The Kier molecular flexibility index (Phi) is 9.55. The molecule has 152 valence electrons. The maximum atomic E-state index is 12.0. The van der Waals surface area contributed by atoms with Gasteiger partial charge in [0, 0.05) is 18.5 Å². The van der Waals surface area contributed by atoms with Gasteiger partial charge in [-0.1, -0.05) is 26.0 Å². The Hall–Kier alpha value is -1.83. The van der Waals surface area contributed by atoms with Crippen molar-refractivity contribution in [2.24, 2.45) is 11.7 Å². The number of benzene rings is 1. The van der Waals surface area contributed by atoms with Crippen molar-refractivity contribution < 1.29 is 19.1 Å². The quantitative estimate of drug-likeness (QED) is 0.611. The van der Waals surface area contributed by atoms with E-state index in [4.69, 9.17) is 15.2 Å². The molecule has 1 aliphatic heterocycles. The van der Waals surface area contributed by atoms with Gasteiger partial charge in [-0.05, 0) is 24.5 Å². The second kappa shape index (κ2) is 11.1. The molecular formula is C19H30ClN3O4. The number of hydrogen-bond donors (Lipinski definition) is 3. The molecule has 2 atom stereocenters. The van der Waals surface area contributed by atoms with Crippen LogP contribution in [-0.2, 0) is 20.9 Å². The van der Waals surface area contributed by atoms with Crippen LogP contribution in [0.5, 0.6) is 5.75 Å². The van der Waals surface area contributed by atoms with Gasteiger partial charge in [0.2, 0.25) is 11.8 Å². The highest BCUT2D eigenvalue weighted by Crippen LogP contribution is 2.23. The topological polar surface area (TPSA) is 103 Å². The first-order valence-corrected chi connectivity index (χ1v) is 9.00. The summed E-state index contributed by atoms with van der Waals surface area (Å²) in [5, 5.41) is 5.36. The molecule has 7 nitrogen and oxygen atoms in total. The zero-order chi connectivity index (χ0) is 19.1. The third-order valence-electron chi connectivity index (χ3n) is 4.32. The van der Waals surface area contributed by atoms with E-state index >= 15 is 0 Å². The number of nitrogens with two attached hydrogens (primary N) is 1. The van der Waals surface area contributed by atoms with Crippen LogP contribution in [0.15, 0.2) is 18.2 Å². The summed E-state index contributed by atoms with van der Waals surface area (Å²) in [6.45, 7) is 7.24. The lowest BCUT2D eigenvalue weighted by molar-refractivity contribution is -0.127. The predicted octanol–water partition coefficient (Wildman–Crippen LogP) is 1.30. The number of rotatable bonds is 8. The summed E-state index contributed by atoms with van der Waals surface area (Å²) in [7, 11) is 0. The fourth-order valence-corrected chi connectivity index (χ4v) is 2.55. The van der Waals surface area contributed by atoms with Crippen LogP contribution in [0.4, 0.5) is 0 Å². The second-order valence-electron chi connectivity index (χ2n) is 6.98. The summed E-state index contributed by atoms with van der Waals surface area (Å²) >= 11 is 0. The van der Waals surface area contributed by atoms with Crippen molar-refractivity contribution in [2.45, 2.75) is 45.9 Å². The van der Waals surface area contributed by atoms with Gasteiger partial charge >= 0.3 is 0 Å². The summed E-state index contributed by atoms with van der Waals surface area (Å²) < 4.78 is 11.4. The molecule has 0 radical (unpaired) electrons. The molecule has 2 rings (SSSR count). The molecule has 0 spiro atoms. The van der Waals surface area contributed by atoms with Gasteiger partial charge in [0.1, 0.15) is 11.9 Å². The number of carbonyl (C=O) groups is 2. The Morgan fingerprint density at radius 2 is 2.07 bits per heavy atom. The number of hydrogen-bond acceptors (Lipinski definition) is 5. The summed E-state index contributed by atoms with van der Waals surface area (Å²) in [6.07, 6.45) is 0.907. The smallest absolute Gasteiger partial charge is 0.239 e. The molecule has 1 fully saturated rings. The normalized spacial score (nSPS) is 17.1. The van der Waals surface area contributed by atoms with E-state index in [0.29, 0.717) is 19.8 Å². The second-order valence-corrected chi connectivity index (χ2v) is 6.98. The van der Waals surface area contributed by atoms with Crippen LogP contribution in [0.1, 0.15) is 31.4 Å². The maximum absolute atomic E-state index is 12.0. The van der Waals surface area contributed by atoms with Gasteiger partial charge in [-0.2, -0.15) is 0 Å². The van der Waals surface area contributed by atoms with Crippen molar-refractivity contribution in [1.29, 1.82) is 0 Å². The Morgan fingerprint density at radius 3 is 2.70 bits per heavy atom. The Bertz CT molecular complexity index is 633. The highest BCUT2D eigenvalue weighted by Gasteiger charge is 2.20. The molecule has 1 aromatic rings. The fourth-order valence-electron chi connectivity index (χ4n) is 2.55. The van der Waals surface area contributed by atoms with Crippen LogP contribution >= 0.6 is 12.4 Å². The van der Waals surface area contributed by atoms with Gasteiger partial charge < -0.3 is 25.8 Å². The van der Waals surface area contributed by atoms with E-state index in [1.807, 2.05) is 39.0 Å². The number of nitrogens with one attached hydrogen (secondary N) is 2. The Labute approximate surface area is 166 Å². The first-order chi connectivity index (χ1) is 12.4. The molecule has 1 heterocycles. The Balaban J connectivity index is 0.00000364. The van der Waals surface area contributed by atoms with Gasteiger partial charge in [-0.15, -0.1) is 12.4 Å². The van der Waals surface area contributed by atoms with Crippen LogP contribution in [0.2, 0.25) is 0 Å². The van der Waals surface area contributed by atoms with Crippen LogP contribution in [0, 0.1) is 12.8 Å². The van der Waals surface area contributed by atoms with Crippen molar-refractivity contribution in [3.63, 3.8) is 0 Å². The first-order valence-electron chi connectivity index (χ1n) is 9.00. The van der Waals surface area contributed by atoms with Crippen LogP contribution in [0.3, 0.4) is 0 Å². The summed E-state index contributed by atoms with van der Waals surface area (Å²) in [6, 6.07) is 5.26. The molecule has 0 aromatic heterocycles. The van der Waals surface area contributed by atoms with Crippen molar-refractivity contribution in [3.8, 4) is 5.75 Å². The summed E-state index contributed by atoms with van der Waals surface area (Å²) in [4.78, 5) is 23.8. The molecule has 27 heavy (non-hydrogen) atoms. The lowest BCUT2D eigenvalue weighted by atomic mass is 10.1. The molecule has 1 unspecified atom stereocenters. The maximum Gasteiger partial charge on any atom is 0.239 e. The molecule has 0 saturated carbocycles. The molecule has 0 bridgehead atoms. The highest BCUT2D eigenvalue weighted by atomic mass is 35.5. The van der Waals surface area contributed by atoms with Gasteiger partial charge in [-0.25, -0.2) is 0 Å². The van der Waals surface area contributed by atoms with E-state index in [-0.39, 0.29) is 42.8 Å². The zero-order valence-corrected chi connectivity index (χ0v) is 16.9. The predicted molar refractivity (Wildman–Crippen MR) is 106 cm³/mol. The van der Waals surface area contributed by atoms with Gasteiger partial charge in [0.05, 0.1) is 25.8 Å². The molecule has 1 saturated heterocycles. The molecule has 1 aromatic carbocycles. The number of aryl methyl sites for hydroxylation is 1. The number of carbonyl (C=O) groups excluding carboxylic acids is 2. The lowest BCUT2D eigenvalue weighted by Gasteiger charge is -2.17. The number of halogens is 1. The van der Waals surface area contributed by atoms with Gasteiger partial charge in [0.25, 0.3) is 0 Å². The van der Waals surface area contributed by atoms with Crippen molar-refractivity contribution in [2.75, 3.05) is 19.8 Å². The average molecular weight is 400 g/mol. The van der Waals surface area contributed by atoms with Crippen molar-refractivity contribution in [1.82, 2.24) is 10.6 Å². The van der Waals surface area contributed by atoms with E-state index < -0.39 is 6.04 Å². The fraction of sp³-hybridized carbons (Fsp3) is 0.579. The van der Waals surface area contributed by atoms with E-state index in [1.165, 1.54) is 0 Å². The molecular weight excluding hydrogens is 370 g/mol. The Morgan fingerprint density at radius 1 is 1.33 bits per heavy atom. The average Bonchev–Trinajstić information content (AvgIpc) is 3.11. The lowest BCUT2D eigenvalue weighted by Crippen LogP contribution is -2.47. The number of ether oxygens (including phenoxy) is 2. The van der Waals surface area contributed by atoms with E-state index in [2.05, 4.69) is 10.6 Å². The minimum absolute atomic E-state index is 0. The third-order valence-corrected chi connectivity index (χ3v) is 4.32. The van der Waals surface area contributed by atoms with Crippen LogP contribution in [0.25, 0.3) is 0 Å². The van der Waals surface area contributed by atoms with E-state index in [0.717, 1.165) is 23.3 Å². The monoisotopic (exact) mass is 399 g/mol. The van der Waals surface area contributed by atoms with E-state index in [1.54, 1.807) is 0 Å². The SMILES string of the molecule is Cc1ccc(CNC(=O)CNC(=O)[C@@H](N)C(C)C)c(OC2CCOC2)c1.Cl. The first kappa shape index (κ1) is 23.2. The molecule has 0 aliphatic carbocycles. The minimum atomic E-state index is -0.617. The third kappa shape index (κ3) is 7.36. The zero-order valence-electron chi connectivity index (χ0n) is 16.1. The van der Waals surface area contributed by atoms with Gasteiger partial charge in [0.15, 0.2) is 0 Å². The number of amides is 2. The van der Waals surface area contributed by atoms with E-state index in [9.17, 15) is 9.59 Å². The molecule has 1 aliphatic rings. The molecule has 4 N–H and O–H groups in total. The molecule has 8 heteroatoms. The van der Waals surface area contributed by atoms with Gasteiger partial charge in [-0.3, -0.25) is 9.59 Å². The summed E-state index contributed by atoms with van der Waals surface area (Å²) in [5.74, 6) is 0.178.